The first-order chi connectivity index (χ1) is 6.86. The third kappa shape index (κ3) is 2.03. The van der Waals surface area contributed by atoms with Crippen molar-refractivity contribution in [3.8, 4) is 0 Å². The molecule has 2 aromatic heterocycles. The number of thiophene rings is 1. The van der Waals surface area contributed by atoms with Gasteiger partial charge in [0.1, 0.15) is 5.69 Å². The molecule has 0 aliphatic heterocycles. The normalized spacial score (nSPS) is 10.0. The van der Waals surface area contributed by atoms with Crippen LogP contribution in [0.3, 0.4) is 0 Å². The summed E-state index contributed by atoms with van der Waals surface area (Å²) in [6, 6.07) is 7.53. The van der Waals surface area contributed by atoms with Gasteiger partial charge >= 0.3 is 0 Å². The van der Waals surface area contributed by atoms with Crippen LogP contribution in [-0.4, -0.2) is 10.9 Å². The summed E-state index contributed by atoms with van der Waals surface area (Å²) in [5, 5.41) is 4.82. The standard InChI is InChI=1S/C10H10N2OS/c13-10(9-4-1-5-11-9)12-7-8-3-2-6-14-8/h1-6,11H,7H2,(H,12,13). The number of hydrogen-bond acceptors (Lipinski definition) is 2. The van der Waals surface area contributed by atoms with Crippen LogP contribution in [0.25, 0.3) is 0 Å². The summed E-state index contributed by atoms with van der Waals surface area (Å²) in [6.07, 6.45) is 1.74. The zero-order chi connectivity index (χ0) is 9.80. The van der Waals surface area contributed by atoms with E-state index in [2.05, 4.69) is 10.3 Å². The molecular weight excluding hydrogens is 196 g/mol. The van der Waals surface area contributed by atoms with E-state index >= 15 is 0 Å². The molecule has 0 saturated heterocycles. The van der Waals surface area contributed by atoms with Crippen molar-refractivity contribution in [3.05, 3.63) is 46.4 Å². The van der Waals surface area contributed by atoms with Crippen LogP contribution >= 0.6 is 11.3 Å². The lowest BCUT2D eigenvalue weighted by Crippen LogP contribution is -2.22. The van der Waals surface area contributed by atoms with Gasteiger partial charge in [-0.05, 0) is 23.6 Å². The quantitative estimate of drug-likeness (QED) is 0.792. The Morgan fingerprint density at radius 3 is 3.00 bits per heavy atom. The second kappa shape index (κ2) is 4.11. The molecule has 0 atom stereocenters. The van der Waals surface area contributed by atoms with E-state index in [-0.39, 0.29) is 5.91 Å². The fourth-order valence-electron chi connectivity index (χ4n) is 1.15. The molecule has 2 aromatic rings. The lowest BCUT2D eigenvalue weighted by atomic mass is 10.4. The average molecular weight is 206 g/mol. The summed E-state index contributed by atoms with van der Waals surface area (Å²) in [5.41, 5.74) is 0.599. The third-order valence-corrected chi connectivity index (χ3v) is 2.72. The van der Waals surface area contributed by atoms with Crippen LogP contribution in [-0.2, 0) is 6.54 Å². The van der Waals surface area contributed by atoms with E-state index in [1.165, 1.54) is 0 Å². The van der Waals surface area contributed by atoms with Crippen molar-refractivity contribution in [2.45, 2.75) is 6.54 Å². The first-order valence-electron chi connectivity index (χ1n) is 4.30. The van der Waals surface area contributed by atoms with E-state index in [1.807, 2.05) is 17.5 Å². The molecule has 2 rings (SSSR count). The Balaban J connectivity index is 1.90. The van der Waals surface area contributed by atoms with Crippen molar-refractivity contribution in [2.75, 3.05) is 0 Å². The summed E-state index contributed by atoms with van der Waals surface area (Å²) >= 11 is 1.64. The first-order valence-corrected chi connectivity index (χ1v) is 5.18. The Hall–Kier alpha value is -1.55. The van der Waals surface area contributed by atoms with Gasteiger partial charge in [-0.15, -0.1) is 11.3 Å². The number of nitrogens with one attached hydrogen (secondary N) is 2. The molecule has 72 valence electrons. The first kappa shape index (κ1) is 9.02. The molecule has 0 radical (unpaired) electrons. The van der Waals surface area contributed by atoms with Crippen LogP contribution in [0.1, 0.15) is 15.4 Å². The van der Waals surface area contributed by atoms with Gasteiger partial charge in [0.2, 0.25) is 0 Å². The van der Waals surface area contributed by atoms with Crippen molar-refractivity contribution in [1.29, 1.82) is 0 Å². The van der Waals surface area contributed by atoms with Crippen LogP contribution in [0.2, 0.25) is 0 Å². The van der Waals surface area contributed by atoms with Gasteiger partial charge in [-0.2, -0.15) is 0 Å². The summed E-state index contributed by atoms with van der Waals surface area (Å²) < 4.78 is 0. The summed E-state index contributed by atoms with van der Waals surface area (Å²) in [6.45, 7) is 0.593. The van der Waals surface area contributed by atoms with E-state index in [1.54, 1.807) is 29.7 Å². The molecule has 2 heterocycles. The van der Waals surface area contributed by atoms with Crippen molar-refractivity contribution in [2.24, 2.45) is 0 Å². The number of carbonyl (C=O) groups excluding carboxylic acids is 1. The van der Waals surface area contributed by atoms with Crippen molar-refractivity contribution >= 4 is 17.2 Å². The van der Waals surface area contributed by atoms with E-state index in [0.29, 0.717) is 12.2 Å². The summed E-state index contributed by atoms with van der Waals surface area (Å²) in [5.74, 6) is -0.0663. The number of hydrogen-bond donors (Lipinski definition) is 2. The van der Waals surface area contributed by atoms with Crippen LogP contribution in [0, 0.1) is 0 Å². The maximum Gasteiger partial charge on any atom is 0.267 e. The SMILES string of the molecule is O=C(NCc1cccs1)c1ccc[nH]1. The third-order valence-electron chi connectivity index (χ3n) is 1.85. The van der Waals surface area contributed by atoms with Crippen LogP contribution in [0.4, 0.5) is 0 Å². The number of carbonyl (C=O) groups is 1. The lowest BCUT2D eigenvalue weighted by molar-refractivity contribution is 0.0947. The molecule has 0 spiro atoms. The fraction of sp³-hybridized carbons (Fsp3) is 0.100. The molecule has 0 saturated carbocycles. The summed E-state index contributed by atoms with van der Waals surface area (Å²) in [4.78, 5) is 15.5. The molecule has 3 nitrogen and oxygen atoms in total. The highest BCUT2D eigenvalue weighted by Gasteiger charge is 2.04. The van der Waals surface area contributed by atoms with Gasteiger partial charge in [-0.1, -0.05) is 6.07 Å². The molecule has 0 aromatic carbocycles. The van der Waals surface area contributed by atoms with E-state index in [4.69, 9.17) is 0 Å². The number of H-pyrrole nitrogens is 1. The lowest BCUT2D eigenvalue weighted by Gasteiger charge is -2.00. The van der Waals surface area contributed by atoms with Gasteiger partial charge in [0.15, 0.2) is 0 Å². The van der Waals surface area contributed by atoms with E-state index < -0.39 is 0 Å². The van der Waals surface area contributed by atoms with Crippen LogP contribution in [0.5, 0.6) is 0 Å². The zero-order valence-corrected chi connectivity index (χ0v) is 8.30. The van der Waals surface area contributed by atoms with Crippen molar-refractivity contribution < 1.29 is 4.79 Å². The summed E-state index contributed by atoms with van der Waals surface area (Å²) in [7, 11) is 0. The van der Waals surface area contributed by atoms with Gasteiger partial charge in [0.05, 0.1) is 6.54 Å². The second-order valence-corrected chi connectivity index (χ2v) is 3.88. The van der Waals surface area contributed by atoms with Gasteiger partial charge in [0, 0.05) is 11.1 Å². The van der Waals surface area contributed by atoms with Gasteiger partial charge in [-0.25, -0.2) is 0 Å². The van der Waals surface area contributed by atoms with Crippen LogP contribution < -0.4 is 5.32 Å². The number of rotatable bonds is 3. The average Bonchev–Trinajstić information content (AvgIpc) is 2.87. The second-order valence-electron chi connectivity index (χ2n) is 2.85. The molecule has 0 unspecified atom stereocenters. The predicted molar refractivity (Wildman–Crippen MR) is 56.3 cm³/mol. The Labute approximate surface area is 85.8 Å². The van der Waals surface area contributed by atoms with Crippen molar-refractivity contribution in [1.82, 2.24) is 10.3 Å². The highest BCUT2D eigenvalue weighted by Crippen LogP contribution is 2.07. The number of amides is 1. The highest BCUT2D eigenvalue weighted by molar-refractivity contribution is 7.09. The van der Waals surface area contributed by atoms with Gasteiger partial charge < -0.3 is 10.3 Å². The minimum atomic E-state index is -0.0663. The molecule has 14 heavy (non-hydrogen) atoms. The van der Waals surface area contributed by atoms with Gasteiger partial charge in [0.25, 0.3) is 5.91 Å². The Bertz CT molecular complexity index is 392. The smallest absolute Gasteiger partial charge is 0.267 e. The Morgan fingerprint density at radius 1 is 1.43 bits per heavy atom. The Morgan fingerprint density at radius 2 is 2.36 bits per heavy atom. The maximum atomic E-state index is 11.5. The molecule has 0 aliphatic carbocycles. The molecule has 2 N–H and O–H groups in total. The predicted octanol–water partition coefficient (Wildman–Crippen LogP) is 2.01. The number of aromatic amines is 1. The minimum absolute atomic E-state index is 0.0663. The zero-order valence-electron chi connectivity index (χ0n) is 7.49. The van der Waals surface area contributed by atoms with Crippen molar-refractivity contribution in [3.63, 3.8) is 0 Å². The number of aromatic nitrogens is 1. The van der Waals surface area contributed by atoms with Gasteiger partial charge in [-0.3, -0.25) is 4.79 Å². The monoisotopic (exact) mass is 206 g/mol. The molecular formula is C10H10N2OS. The molecule has 0 fully saturated rings. The molecule has 1 amide bonds. The van der Waals surface area contributed by atoms with E-state index in [9.17, 15) is 4.79 Å². The highest BCUT2D eigenvalue weighted by atomic mass is 32.1. The minimum Gasteiger partial charge on any atom is -0.357 e. The van der Waals surface area contributed by atoms with E-state index in [0.717, 1.165) is 4.88 Å². The Kier molecular flexibility index (Phi) is 2.65. The molecule has 0 bridgehead atoms. The molecule has 4 heteroatoms. The largest absolute Gasteiger partial charge is 0.357 e. The maximum absolute atomic E-state index is 11.5. The molecule has 0 aliphatic rings. The fourth-order valence-corrected chi connectivity index (χ4v) is 1.79. The topological polar surface area (TPSA) is 44.9 Å². The van der Waals surface area contributed by atoms with Crippen LogP contribution in [0.15, 0.2) is 35.8 Å².